The Kier molecular flexibility index (Phi) is 4.11. The van der Waals surface area contributed by atoms with E-state index >= 15 is 0 Å². The van der Waals surface area contributed by atoms with Crippen LogP contribution in [0.15, 0.2) is 30.0 Å². The van der Waals surface area contributed by atoms with Gasteiger partial charge in [-0.15, -0.1) is 0 Å². The van der Waals surface area contributed by atoms with Gasteiger partial charge in [0.15, 0.2) is 0 Å². The lowest BCUT2D eigenvalue weighted by Gasteiger charge is -2.47. The van der Waals surface area contributed by atoms with Crippen molar-refractivity contribution in [2.24, 2.45) is 18.9 Å². The number of nitrogens with zero attached hydrogens (tertiary/aromatic N) is 3. The van der Waals surface area contributed by atoms with E-state index in [1.807, 2.05) is 30.3 Å². The zero-order chi connectivity index (χ0) is 18.6. The lowest BCUT2D eigenvalue weighted by Crippen LogP contribution is -2.65. The van der Waals surface area contributed by atoms with Crippen LogP contribution >= 0.6 is 0 Å². The molecule has 0 radical (unpaired) electrons. The number of fused-ring (bicyclic) bond motifs is 3. The van der Waals surface area contributed by atoms with Gasteiger partial charge < -0.3 is 14.9 Å². The second-order valence-electron chi connectivity index (χ2n) is 7.46. The van der Waals surface area contributed by atoms with Crippen molar-refractivity contribution in [3.63, 3.8) is 0 Å². The van der Waals surface area contributed by atoms with Crippen LogP contribution in [0.1, 0.15) is 19.8 Å². The number of carbonyl (C=O) groups is 2. The third kappa shape index (κ3) is 2.47. The first-order valence-corrected chi connectivity index (χ1v) is 9.01. The van der Waals surface area contributed by atoms with E-state index in [0.29, 0.717) is 6.61 Å². The molecule has 1 amide bonds. The van der Waals surface area contributed by atoms with E-state index in [0.717, 1.165) is 25.0 Å². The zero-order valence-corrected chi connectivity index (χ0v) is 14.9. The number of ether oxygens (including phenoxy) is 1. The summed E-state index contributed by atoms with van der Waals surface area (Å²) in [4.78, 5) is 25.7. The number of β-lactam (4-membered cyclic amide) rings is 1. The number of hydrogen-bond donors (Lipinski definition) is 2. The highest BCUT2D eigenvalue weighted by molar-refractivity contribution is 6.00. The zero-order valence-electron chi connectivity index (χ0n) is 14.9. The van der Waals surface area contributed by atoms with E-state index in [1.54, 1.807) is 6.92 Å². The first-order chi connectivity index (χ1) is 12.4. The number of carboxylic acid groups (broad SMARTS) is 1. The van der Waals surface area contributed by atoms with Gasteiger partial charge in [-0.2, -0.15) is 0 Å². The summed E-state index contributed by atoms with van der Waals surface area (Å²) in [5, 5.41) is 19.7. The van der Waals surface area contributed by atoms with Crippen molar-refractivity contribution in [2.75, 3.05) is 6.61 Å². The monoisotopic (exact) mass is 362 g/mol. The van der Waals surface area contributed by atoms with E-state index in [1.165, 1.54) is 4.90 Å². The maximum absolute atomic E-state index is 12.4. The molecule has 0 unspecified atom stereocenters. The molecule has 3 aliphatic heterocycles. The smallest absolute Gasteiger partial charge is 0.352 e. The van der Waals surface area contributed by atoms with Gasteiger partial charge in [0.1, 0.15) is 24.2 Å². The van der Waals surface area contributed by atoms with Gasteiger partial charge in [-0.1, -0.05) is 0 Å². The van der Waals surface area contributed by atoms with Crippen molar-refractivity contribution in [2.45, 2.75) is 44.6 Å². The predicted molar refractivity (Wildman–Crippen MR) is 88.5 cm³/mol. The molecule has 5 atom stereocenters. The van der Waals surface area contributed by atoms with Gasteiger partial charge in [0.2, 0.25) is 12.2 Å². The number of aliphatic hydroxyl groups excluding tert-OH is 1. The molecule has 140 valence electrons. The fourth-order valence-corrected chi connectivity index (χ4v) is 4.64. The van der Waals surface area contributed by atoms with Gasteiger partial charge in [-0.05, 0) is 31.3 Å². The topological polar surface area (TPSA) is 95.9 Å². The minimum atomic E-state index is -1.09. The highest BCUT2D eigenvalue weighted by Crippen LogP contribution is 2.50. The van der Waals surface area contributed by atoms with Crippen LogP contribution in [0.5, 0.6) is 0 Å². The first kappa shape index (κ1) is 17.2. The number of amides is 1. The summed E-state index contributed by atoms with van der Waals surface area (Å²) < 4.78 is 9.92. The molecular formula is C18H24N3O5+. The molecule has 0 bridgehead atoms. The molecule has 0 aromatic carbocycles. The number of carboxylic acids is 1. The molecule has 8 heteroatoms. The molecule has 2 N–H and O–H groups in total. The summed E-state index contributed by atoms with van der Waals surface area (Å²) in [6.07, 6.45) is 6.22. The maximum Gasteiger partial charge on any atom is 0.352 e. The van der Waals surface area contributed by atoms with Gasteiger partial charge in [-0.3, -0.25) is 9.69 Å². The molecule has 3 aliphatic rings. The molecule has 0 spiro atoms. The van der Waals surface area contributed by atoms with Crippen LogP contribution < -0.4 is 4.57 Å². The van der Waals surface area contributed by atoms with Gasteiger partial charge in [0.05, 0.1) is 31.7 Å². The molecule has 1 aromatic heterocycles. The van der Waals surface area contributed by atoms with Crippen LogP contribution in [0, 0.1) is 11.8 Å². The Labute approximate surface area is 151 Å². The summed E-state index contributed by atoms with van der Waals surface area (Å²) in [6, 6.07) is -0.393. The van der Waals surface area contributed by atoms with Crippen LogP contribution in [-0.2, 0) is 27.9 Å². The van der Waals surface area contributed by atoms with Crippen molar-refractivity contribution in [3.05, 3.63) is 30.0 Å². The Hall–Kier alpha value is -2.19. The molecule has 4 heterocycles. The Morgan fingerprint density at radius 3 is 2.88 bits per heavy atom. The second-order valence-corrected chi connectivity index (χ2v) is 7.46. The Bertz CT molecular complexity index is 784. The standard InChI is InChI=1S/C18H23N3O5/c1-10(22)12-14-16-13(15(18(24)25)21(14)17(12)23)11(4-8-26-16)3-5-20-7-6-19(2)9-20/h6-7,9-12,14,16,22H,3-5,8H2,1-2H3/p+1/t10-,11+,12-,14+,16+/m1/s1. The number of rotatable bonds is 5. The van der Waals surface area contributed by atoms with Crippen LogP contribution in [0.2, 0.25) is 0 Å². The average Bonchev–Trinajstić information content (AvgIpc) is 3.12. The molecule has 26 heavy (non-hydrogen) atoms. The SMILES string of the molecule is C[C@@H](O)[C@H]1C(=O)N2C(C(=O)O)=C3[C@@H](CCn4cc[n+](C)c4)CCO[C@@H]3[C@H]12. The van der Waals surface area contributed by atoms with Crippen molar-refractivity contribution < 1.29 is 29.1 Å². The second kappa shape index (κ2) is 6.21. The predicted octanol–water partition coefficient (Wildman–Crippen LogP) is -0.332. The van der Waals surface area contributed by atoms with Gasteiger partial charge in [0.25, 0.3) is 0 Å². The van der Waals surface area contributed by atoms with Crippen LogP contribution in [0.4, 0.5) is 0 Å². The fraction of sp³-hybridized carbons (Fsp3) is 0.611. The summed E-state index contributed by atoms with van der Waals surface area (Å²) in [6.45, 7) is 2.88. The summed E-state index contributed by atoms with van der Waals surface area (Å²) >= 11 is 0. The number of aliphatic hydroxyl groups is 1. The number of hydrogen-bond acceptors (Lipinski definition) is 4. The summed E-state index contributed by atoms with van der Waals surface area (Å²) in [5.41, 5.74) is 0.798. The quantitative estimate of drug-likeness (QED) is 0.552. The van der Waals surface area contributed by atoms with Crippen molar-refractivity contribution in [1.82, 2.24) is 9.47 Å². The lowest BCUT2D eigenvalue weighted by atomic mass is 9.78. The molecule has 0 aliphatic carbocycles. The molecule has 2 fully saturated rings. The minimum Gasteiger partial charge on any atom is -0.477 e. The average molecular weight is 362 g/mol. The highest BCUT2D eigenvalue weighted by atomic mass is 16.5. The molecular weight excluding hydrogens is 338 g/mol. The number of imidazole rings is 1. The first-order valence-electron chi connectivity index (χ1n) is 9.01. The van der Waals surface area contributed by atoms with E-state index in [4.69, 9.17) is 4.74 Å². The normalized spacial score (nSPS) is 31.5. The van der Waals surface area contributed by atoms with E-state index in [9.17, 15) is 19.8 Å². The minimum absolute atomic E-state index is 0.0561. The molecule has 4 rings (SSSR count). The number of aryl methyl sites for hydroxylation is 2. The summed E-state index contributed by atoms with van der Waals surface area (Å²) in [5.74, 6) is -1.94. The van der Waals surface area contributed by atoms with Crippen molar-refractivity contribution in [3.8, 4) is 0 Å². The van der Waals surface area contributed by atoms with E-state index in [2.05, 4.69) is 4.57 Å². The van der Waals surface area contributed by atoms with Crippen LogP contribution in [0.25, 0.3) is 0 Å². The number of aromatic nitrogens is 2. The van der Waals surface area contributed by atoms with Gasteiger partial charge >= 0.3 is 5.97 Å². The van der Waals surface area contributed by atoms with Crippen LogP contribution in [0.3, 0.4) is 0 Å². The highest BCUT2D eigenvalue weighted by Gasteiger charge is 2.63. The van der Waals surface area contributed by atoms with E-state index in [-0.39, 0.29) is 17.5 Å². The Morgan fingerprint density at radius 1 is 1.50 bits per heavy atom. The third-order valence-corrected chi connectivity index (χ3v) is 5.81. The summed E-state index contributed by atoms with van der Waals surface area (Å²) in [7, 11) is 1.95. The van der Waals surface area contributed by atoms with Crippen LogP contribution in [-0.4, -0.2) is 56.4 Å². The van der Waals surface area contributed by atoms with Crippen molar-refractivity contribution in [1.29, 1.82) is 0 Å². The Morgan fingerprint density at radius 2 is 2.27 bits per heavy atom. The molecule has 0 saturated carbocycles. The fourth-order valence-electron chi connectivity index (χ4n) is 4.64. The van der Waals surface area contributed by atoms with Crippen molar-refractivity contribution >= 4 is 11.9 Å². The number of carbonyl (C=O) groups excluding carboxylic acids is 1. The Balaban J connectivity index is 1.62. The van der Waals surface area contributed by atoms with Gasteiger partial charge in [-0.25, -0.2) is 13.9 Å². The third-order valence-electron chi connectivity index (χ3n) is 5.81. The molecule has 2 saturated heterocycles. The molecule has 1 aromatic rings. The van der Waals surface area contributed by atoms with Gasteiger partial charge in [0, 0.05) is 6.61 Å². The molecule has 8 nitrogen and oxygen atoms in total. The van der Waals surface area contributed by atoms with E-state index < -0.39 is 30.1 Å². The lowest BCUT2D eigenvalue weighted by molar-refractivity contribution is -0.671. The largest absolute Gasteiger partial charge is 0.477 e. The maximum atomic E-state index is 12.4. The number of aliphatic carboxylic acids is 1.